The predicted molar refractivity (Wildman–Crippen MR) is 75.4 cm³/mol. The van der Waals surface area contributed by atoms with Crippen molar-refractivity contribution in [1.29, 1.82) is 0 Å². The summed E-state index contributed by atoms with van der Waals surface area (Å²) in [6.07, 6.45) is 1.38. The van der Waals surface area contributed by atoms with Gasteiger partial charge in [0, 0.05) is 20.0 Å². The Morgan fingerprint density at radius 2 is 2.06 bits per heavy atom. The first kappa shape index (κ1) is 14.7. The van der Waals surface area contributed by atoms with Gasteiger partial charge in [0.1, 0.15) is 0 Å². The second kappa shape index (κ2) is 7.17. The second-order valence-electron chi connectivity index (χ2n) is 5.04. The third-order valence-corrected chi connectivity index (χ3v) is 3.28. The third-order valence-electron chi connectivity index (χ3n) is 3.28. The molecule has 1 aromatic carbocycles. The highest BCUT2D eigenvalue weighted by molar-refractivity contribution is 5.76. The number of rotatable bonds is 6. The lowest BCUT2D eigenvalue weighted by Gasteiger charge is -2.20. The molecule has 1 rings (SSSR count). The van der Waals surface area contributed by atoms with Gasteiger partial charge in [0.05, 0.1) is 0 Å². The van der Waals surface area contributed by atoms with E-state index < -0.39 is 0 Å². The Morgan fingerprint density at radius 1 is 1.39 bits per heavy atom. The maximum atomic E-state index is 12.0. The highest BCUT2D eigenvalue weighted by Crippen LogP contribution is 2.10. The van der Waals surface area contributed by atoms with Crippen molar-refractivity contribution in [1.82, 2.24) is 4.90 Å². The Labute approximate surface area is 110 Å². The van der Waals surface area contributed by atoms with Crippen molar-refractivity contribution in [2.45, 2.75) is 26.7 Å². The fraction of sp³-hybridized carbons (Fsp3) is 0.533. The summed E-state index contributed by atoms with van der Waals surface area (Å²) in [5.41, 5.74) is 8.08. The van der Waals surface area contributed by atoms with Gasteiger partial charge in [-0.15, -0.1) is 0 Å². The van der Waals surface area contributed by atoms with Crippen LogP contribution in [0.4, 0.5) is 0 Å². The maximum absolute atomic E-state index is 12.0. The summed E-state index contributed by atoms with van der Waals surface area (Å²) in [7, 11) is 1.85. The maximum Gasteiger partial charge on any atom is 0.222 e. The van der Waals surface area contributed by atoms with Crippen LogP contribution in [-0.2, 0) is 11.2 Å². The number of aryl methyl sites for hydroxylation is 2. The van der Waals surface area contributed by atoms with Crippen LogP contribution < -0.4 is 5.73 Å². The zero-order valence-corrected chi connectivity index (χ0v) is 11.6. The van der Waals surface area contributed by atoms with Crippen molar-refractivity contribution in [2.24, 2.45) is 11.7 Å². The molecule has 1 atom stereocenters. The summed E-state index contributed by atoms with van der Waals surface area (Å²) in [4.78, 5) is 13.8. The van der Waals surface area contributed by atoms with Crippen LogP contribution in [0.25, 0.3) is 0 Å². The van der Waals surface area contributed by atoms with Crippen LogP contribution in [0.15, 0.2) is 24.3 Å². The van der Waals surface area contributed by atoms with Crippen LogP contribution in [0.2, 0.25) is 0 Å². The highest BCUT2D eigenvalue weighted by atomic mass is 16.2. The van der Waals surface area contributed by atoms with Crippen molar-refractivity contribution in [2.75, 3.05) is 20.1 Å². The van der Waals surface area contributed by atoms with Gasteiger partial charge < -0.3 is 10.6 Å². The highest BCUT2D eigenvalue weighted by Gasteiger charge is 2.11. The van der Waals surface area contributed by atoms with Gasteiger partial charge in [-0.3, -0.25) is 4.79 Å². The molecule has 0 aliphatic carbocycles. The molecule has 0 aliphatic rings. The van der Waals surface area contributed by atoms with Gasteiger partial charge in [-0.1, -0.05) is 31.2 Å². The number of benzene rings is 1. The monoisotopic (exact) mass is 248 g/mol. The molecule has 1 unspecified atom stereocenters. The summed E-state index contributed by atoms with van der Waals surface area (Å²) in [6, 6.07) is 8.22. The van der Waals surface area contributed by atoms with Gasteiger partial charge in [-0.25, -0.2) is 0 Å². The summed E-state index contributed by atoms with van der Waals surface area (Å²) in [5, 5.41) is 0. The topological polar surface area (TPSA) is 46.3 Å². The van der Waals surface area contributed by atoms with Crippen molar-refractivity contribution < 1.29 is 4.79 Å². The van der Waals surface area contributed by atoms with Gasteiger partial charge in [0.25, 0.3) is 0 Å². The molecular weight excluding hydrogens is 224 g/mol. The van der Waals surface area contributed by atoms with E-state index in [9.17, 15) is 4.79 Å². The third kappa shape index (κ3) is 4.49. The van der Waals surface area contributed by atoms with Gasteiger partial charge in [-0.2, -0.15) is 0 Å². The zero-order chi connectivity index (χ0) is 13.5. The first-order valence-corrected chi connectivity index (χ1v) is 6.53. The Morgan fingerprint density at radius 3 is 2.67 bits per heavy atom. The SMILES string of the molecule is Cc1ccccc1CCC(=O)N(C)CC(C)CN. The smallest absolute Gasteiger partial charge is 0.222 e. The number of nitrogens with two attached hydrogens (primary N) is 1. The Bertz CT molecular complexity index is 390. The minimum absolute atomic E-state index is 0.193. The fourth-order valence-electron chi connectivity index (χ4n) is 1.97. The van der Waals surface area contributed by atoms with Crippen molar-refractivity contribution >= 4 is 5.91 Å². The van der Waals surface area contributed by atoms with Gasteiger partial charge in [0.2, 0.25) is 5.91 Å². The molecule has 0 bridgehead atoms. The molecule has 0 fully saturated rings. The first-order chi connectivity index (χ1) is 8.54. The minimum Gasteiger partial charge on any atom is -0.345 e. The molecule has 0 heterocycles. The van der Waals surface area contributed by atoms with E-state index in [1.807, 2.05) is 19.2 Å². The molecule has 0 spiro atoms. The quantitative estimate of drug-likeness (QED) is 0.836. The molecule has 18 heavy (non-hydrogen) atoms. The lowest BCUT2D eigenvalue weighted by molar-refractivity contribution is -0.130. The molecule has 2 N–H and O–H groups in total. The number of carbonyl (C=O) groups excluding carboxylic acids is 1. The van der Waals surface area contributed by atoms with E-state index in [0.717, 1.165) is 13.0 Å². The second-order valence-corrected chi connectivity index (χ2v) is 5.04. The molecule has 3 nitrogen and oxygen atoms in total. The van der Waals surface area contributed by atoms with E-state index in [1.165, 1.54) is 11.1 Å². The van der Waals surface area contributed by atoms with Crippen LogP contribution in [0.5, 0.6) is 0 Å². The summed E-state index contributed by atoms with van der Waals surface area (Å²) >= 11 is 0. The van der Waals surface area contributed by atoms with Crippen LogP contribution in [0.1, 0.15) is 24.5 Å². The number of amides is 1. The first-order valence-electron chi connectivity index (χ1n) is 6.53. The largest absolute Gasteiger partial charge is 0.345 e. The lowest BCUT2D eigenvalue weighted by atomic mass is 10.0. The van der Waals surface area contributed by atoms with E-state index in [4.69, 9.17) is 5.73 Å². The summed E-state index contributed by atoms with van der Waals surface area (Å²) in [5.74, 6) is 0.552. The molecule has 1 aromatic rings. The Kier molecular flexibility index (Phi) is 5.86. The average Bonchev–Trinajstić information content (AvgIpc) is 2.37. The predicted octanol–water partition coefficient (Wildman–Crippen LogP) is 1.98. The van der Waals surface area contributed by atoms with Crippen molar-refractivity contribution in [3.63, 3.8) is 0 Å². The average molecular weight is 248 g/mol. The van der Waals surface area contributed by atoms with Gasteiger partial charge in [0.15, 0.2) is 0 Å². The molecule has 100 valence electrons. The van der Waals surface area contributed by atoms with E-state index in [0.29, 0.717) is 18.9 Å². The summed E-state index contributed by atoms with van der Waals surface area (Å²) in [6.45, 7) is 5.50. The van der Waals surface area contributed by atoms with Gasteiger partial charge >= 0.3 is 0 Å². The minimum atomic E-state index is 0.193. The van der Waals surface area contributed by atoms with Gasteiger partial charge in [-0.05, 0) is 36.9 Å². The Hall–Kier alpha value is -1.35. The van der Waals surface area contributed by atoms with E-state index in [1.54, 1.807) is 4.90 Å². The number of nitrogens with zero attached hydrogens (tertiary/aromatic N) is 1. The zero-order valence-electron chi connectivity index (χ0n) is 11.6. The standard InChI is InChI=1S/C15H24N2O/c1-12(10-16)11-17(3)15(18)9-8-14-7-5-4-6-13(14)2/h4-7,12H,8-11,16H2,1-3H3. The van der Waals surface area contributed by atoms with Crippen LogP contribution in [0, 0.1) is 12.8 Å². The molecule has 0 aliphatic heterocycles. The lowest BCUT2D eigenvalue weighted by Crippen LogP contribution is -2.33. The van der Waals surface area contributed by atoms with Crippen molar-refractivity contribution in [3.8, 4) is 0 Å². The van der Waals surface area contributed by atoms with Crippen LogP contribution in [-0.4, -0.2) is 30.9 Å². The fourth-order valence-corrected chi connectivity index (χ4v) is 1.97. The molecule has 0 aromatic heterocycles. The van der Waals surface area contributed by atoms with E-state index in [2.05, 4.69) is 26.0 Å². The number of hydrogen-bond donors (Lipinski definition) is 1. The van der Waals surface area contributed by atoms with Crippen molar-refractivity contribution in [3.05, 3.63) is 35.4 Å². The number of hydrogen-bond acceptors (Lipinski definition) is 2. The number of carbonyl (C=O) groups is 1. The molecule has 0 radical (unpaired) electrons. The Balaban J connectivity index is 2.44. The molecule has 0 saturated carbocycles. The molecular formula is C15H24N2O. The molecule has 1 amide bonds. The van der Waals surface area contributed by atoms with E-state index >= 15 is 0 Å². The van der Waals surface area contributed by atoms with E-state index in [-0.39, 0.29) is 5.91 Å². The summed E-state index contributed by atoms with van der Waals surface area (Å²) < 4.78 is 0. The molecule has 3 heteroatoms. The van der Waals surface area contributed by atoms with Crippen LogP contribution in [0.3, 0.4) is 0 Å². The normalized spacial score (nSPS) is 12.2. The molecule has 0 saturated heterocycles. The van der Waals surface area contributed by atoms with Crippen LogP contribution >= 0.6 is 0 Å².